The van der Waals surface area contributed by atoms with E-state index in [9.17, 15) is 0 Å². The van der Waals surface area contributed by atoms with Crippen molar-refractivity contribution in [3.8, 4) is 0 Å². The zero-order valence-corrected chi connectivity index (χ0v) is 17.7. The van der Waals surface area contributed by atoms with Gasteiger partial charge in [-0.2, -0.15) is 0 Å². The molecule has 0 unspecified atom stereocenters. The Labute approximate surface area is 161 Å². The number of rotatable bonds is 11. The Bertz CT molecular complexity index is 568. The lowest BCUT2D eigenvalue weighted by atomic mass is 10.1. The van der Waals surface area contributed by atoms with Gasteiger partial charge in [0.1, 0.15) is 11.6 Å². The highest BCUT2D eigenvalue weighted by molar-refractivity contribution is 4.88. The lowest BCUT2D eigenvalue weighted by Crippen LogP contribution is -2.04. The van der Waals surface area contributed by atoms with E-state index in [1.807, 2.05) is 25.5 Å². The van der Waals surface area contributed by atoms with Crippen molar-refractivity contribution in [3.05, 3.63) is 36.4 Å². The van der Waals surface area contributed by atoms with Crippen LogP contribution in [0.25, 0.3) is 0 Å². The first-order chi connectivity index (χ1) is 12.5. The van der Waals surface area contributed by atoms with E-state index in [0.29, 0.717) is 5.92 Å². The molecule has 0 saturated carbocycles. The molecule has 0 aromatic carbocycles. The van der Waals surface area contributed by atoms with Crippen LogP contribution in [0.3, 0.4) is 0 Å². The molecule has 148 valence electrons. The fraction of sp³-hybridized carbons (Fsp3) is 0.727. The topological polar surface area (TPSA) is 35.6 Å². The van der Waals surface area contributed by atoms with Gasteiger partial charge in [-0.25, -0.2) is 9.97 Å². The number of aromatic nitrogens is 4. The maximum absolute atomic E-state index is 4.23. The molecule has 0 N–H and O–H groups in total. The van der Waals surface area contributed by atoms with Crippen molar-refractivity contribution in [2.24, 2.45) is 5.92 Å². The van der Waals surface area contributed by atoms with Gasteiger partial charge in [-0.05, 0) is 26.2 Å². The van der Waals surface area contributed by atoms with Crippen LogP contribution in [0.1, 0.15) is 83.8 Å². The standard InChI is InChI=1S/C14H26N2.C8H14N2/c1-3-4-5-6-7-8-9-10-12-16-13-11-15-14(16)2;1-7(2)6-10-5-4-9-8(10)3/h11,13H,3-10,12H2,1-2H3;4-5,7H,6H2,1-3H3. The van der Waals surface area contributed by atoms with E-state index < -0.39 is 0 Å². The van der Waals surface area contributed by atoms with E-state index in [4.69, 9.17) is 0 Å². The Morgan fingerprint density at radius 1 is 0.769 bits per heavy atom. The van der Waals surface area contributed by atoms with Crippen LogP contribution < -0.4 is 0 Å². The summed E-state index contributed by atoms with van der Waals surface area (Å²) in [5, 5.41) is 0. The predicted octanol–water partition coefficient (Wildman–Crippen LogP) is 6.18. The first-order valence-corrected chi connectivity index (χ1v) is 10.5. The van der Waals surface area contributed by atoms with E-state index in [1.54, 1.807) is 0 Å². The number of aryl methyl sites for hydroxylation is 3. The minimum atomic E-state index is 0.702. The van der Waals surface area contributed by atoms with E-state index in [1.165, 1.54) is 51.4 Å². The van der Waals surface area contributed by atoms with E-state index in [-0.39, 0.29) is 0 Å². The first kappa shape index (κ1) is 22.5. The van der Waals surface area contributed by atoms with E-state index in [2.05, 4.69) is 53.0 Å². The zero-order chi connectivity index (χ0) is 19.2. The van der Waals surface area contributed by atoms with Crippen molar-refractivity contribution in [1.29, 1.82) is 0 Å². The smallest absolute Gasteiger partial charge is 0.105 e. The first-order valence-electron chi connectivity index (χ1n) is 10.5. The second kappa shape index (κ2) is 13.6. The quantitative estimate of drug-likeness (QED) is 0.448. The number of nitrogens with zero attached hydrogens (tertiary/aromatic N) is 4. The van der Waals surface area contributed by atoms with Crippen molar-refractivity contribution in [2.75, 3.05) is 0 Å². The predicted molar refractivity (Wildman–Crippen MR) is 111 cm³/mol. The average Bonchev–Trinajstić information content (AvgIpc) is 3.19. The summed E-state index contributed by atoms with van der Waals surface area (Å²) in [6.45, 7) is 13.0. The molecule has 2 aromatic heterocycles. The summed E-state index contributed by atoms with van der Waals surface area (Å²) < 4.78 is 4.42. The van der Waals surface area contributed by atoms with Crippen LogP contribution in [0.5, 0.6) is 0 Å². The Morgan fingerprint density at radius 2 is 1.27 bits per heavy atom. The van der Waals surface area contributed by atoms with Crippen LogP contribution in [0, 0.1) is 19.8 Å². The van der Waals surface area contributed by atoms with Crippen LogP contribution in [-0.4, -0.2) is 19.1 Å². The molecule has 0 aliphatic rings. The third kappa shape index (κ3) is 9.79. The highest BCUT2D eigenvalue weighted by Crippen LogP contribution is 2.09. The summed E-state index contributed by atoms with van der Waals surface area (Å²) in [6.07, 6.45) is 18.9. The van der Waals surface area contributed by atoms with E-state index in [0.717, 1.165) is 24.7 Å². The van der Waals surface area contributed by atoms with Crippen molar-refractivity contribution < 1.29 is 0 Å². The highest BCUT2D eigenvalue weighted by atomic mass is 15.1. The van der Waals surface area contributed by atoms with Crippen LogP contribution in [0.4, 0.5) is 0 Å². The van der Waals surface area contributed by atoms with Crippen LogP contribution in [0.2, 0.25) is 0 Å². The minimum Gasteiger partial charge on any atom is -0.335 e. The zero-order valence-electron chi connectivity index (χ0n) is 17.7. The summed E-state index contributed by atoms with van der Waals surface area (Å²) in [7, 11) is 0. The van der Waals surface area contributed by atoms with Gasteiger partial charge in [0.15, 0.2) is 0 Å². The summed E-state index contributed by atoms with van der Waals surface area (Å²) in [6, 6.07) is 0. The lowest BCUT2D eigenvalue weighted by Gasteiger charge is -2.06. The molecular formula is C22H40N4. The lowest BCUT2D eigenvalue weighted by molar-refractivity contribution is 0.514. The molecule has 2 rings (SSSR count). The number of unbranched alkanes of at least 4 members (excludes halogenated alkanes) is 7. The molecule has 0 saturated heterocycles. The van der Waals surface area contributed by atoms with Crippen molar-refractivity contribution in [3.63, 3.8) is 0 Å². The maximum atomic E-state index is 4.23. The van der Waals surface area contributed by atoms with Gasteiger partial charge in [0.25, 0.3) is 0 Å². The molecule has 0 spiro atoms. The van der Waals surface area contributed by atoms with Gasteiger partial charge in [0.2, 0.25) is 0 Å². The van der Waals surface area contributed by atoms with Gasteiger partial charge in [-0.3, -0.25) is 0 Å². The number of hydrogen-bond acceptors (Lipinski definition) is 2. The normalized spacial score (nSPS) is 10.8. The summed E-state index contributed by atoms with van der Waals surface area (Å²) in [5.41, 5.74) is 0. The van der Waals surface area contributed by atoms with E-state index >= 15 is 0 Å². The molecule has 4 heteroatoms. The van der Waals surface area contributed by atoms with Gasteiger partial charge >= 0.3 is 0 Å². The molecule has 0 amide bonds. The summed E-state index contributed by atoms with van der Waals surface area (Å²) in [5.74, 6) is 2.95. The monoisotopic (exact) mass is 360 g/mol. The molecule has 4 nitrogen and oxygen atoms in total. The molecule has 0 fully saturated rings. The van der Waals surface area contributed by atoms with Gasteiger partial charge in [0, 0.05) is 37.9 Å². The molecule has 0 bridgehead atoms. The summed E-state index contributed by atoms with van der Waals surface area (Å²) in [4.78, 5) is 8.36. The Morgan fingerprint density at radius 3 is 1.73 bits per heavy atom. The van der Waals surface area contributed by atoms with Gasteiger partial charge in [0.05, 0.1) is 0 Å². The molecule has 0 atom stereocenters. The second-order valence-corrected chi connectivity index (χ2v) is 7.66. The molecule has 0 radical (unpaired) electrons. The Hall–Kier alpha value is -1.58. The SMILES string of the molecule is CCCCCCCCCCn1ccnc1C.Cc1nccn1CC(C)C. The Kier molecular flexibility index (Phi) is 11.7. The fourth-order valence-corrected chi connectivity index (χ4v) is 3.05. The van der Waals surface area contributed by atoms with Crippen molar-refractivity contribution >= 4 is 0 Å². The maximum Gasteiger partial charge on any atom is 0.105 e. The molecule has 0 aliphatic heterocycles. The fourth-order valence-electron chi connectivity index (χ4n) is 3.05. The molecular weight excluding hydrogens is 320 g/mol. The minimum absolute atomic E-state index is 0.702. The highest BCUT2D eigenvalue weighted by Gasteiger charge is 1.98. The van der Waals surface area contributed by atoms with Gasteiger partial charge in [-0.15, -0.1) is 0 Å². The van der Waals surface area contributed by atoms with Gasteiger partial charge < -0.3 is 9.13 Å². The molecule has 2 heterocycles. The average molecular weight is 361 g/mol. The number of imidazole rings is 2. The third-order valence-electron chi connectivity index (χ3n) is 4.66. The van der Waals surface area contributed by atoms with Crippen LogP contribution in [-0.2, 0) is 13.1 Å². The van der Waals surface area contributed by atoms with Gasteiger partial charge in [-0.1, -0.05) is 65.7 Å². The van der Waals surface area contributed by atoms with Crippen molar-refractivity contribution in [2.45, 2.75) is 99.1 Å². The largest absolute Gasteiger partial charge is 0.335 e. The molecule has 2 aromatic rings. The summed E-state index contributed by atoms with van der Waals surface area (Å²) >= 11 is 0. The van der Waals surface area contributed by atoms with Crippen molar-refractivity contribution in [1.82, 2.24) is 19.1 Å². The van der Waals surface area contributed by atoms with Crippen LogP contribution in [0.15, 0.2) is 24.8 Å². The third-order valence-corrected chi connectivity index (χ3v) is 4.66. The Balaban J connectivity index is 0.000000289. The van der Waals surface area contributed by atoms with Crippen LogP contribution >= 0.6 is 0 Å². The number of hydrogen-bond donors (Lipinski definition) is 0. The second-order valence-electron chi connectivity index (χ2n) is 7.66. The molecule has 0 aliphatic carbocycles. The molecule has 26 heavy (non-hydrogen) atoms.